The van der Waals surface area contributed by atoms with Crippen molar-refractivity contribution >= 4 is 0 Å². The quantitative estimate of drug-likeness (QED) is 0.800. The molecule has 1 atom stereocenters. The first kappa shape index (κ1) is 11.1. The van der Waals surface area contributed by atoms with E-state index in [9.17, 15) is 0 Å². The van der Waals surface area contributed by atoms with Gasteiger partial charge in [-0.1, -0.05) is 12.1 Å². The van der Waals surface area contributed by atoms with Crippen LogP contribution in [-0.4, -0.2) is 17.8 Å². The fraction of sp³-hybridized carbons (Fsp3) is 0.500. The molecule has 0 aliphatic heterocycles. The van der Waals surface area contributed by atoms with E-state index < -0.39 is 6.10 Å². The Bertz CT molecular complexity index is 316. The minimum Gasteiger partial charge on any atom is -0.490 e. The molecular formula is C12H18O2. The Labute approximate surface area is 85.5 Å². The topological polar surface area (TPSA) is 29.5 Å². The van der Waals surface area contributed by atoms with Crippen molar-refractivity contribution in [2.75, 3.05) is 6.61 Å². The van der Waals surface area contributed by atoms with Crippen LogP contribution in [0.1, 0.15) is 23.6 Å². The van der Waals surface area contributed by atoms with Crippen molar-refractivity contribution in [3.63, 3.8) is 0 Å². The molecular weight excluding hydrogens is 176 g/mol. The van der Waals surface area contributed by atoms with Crippen molar-refractivity contribution in [1.82, 2.24) is 0 Å². The van der Waals surface area contributed by atoms with E-state index in [1.165, 1.54) is 5.56 Å². The van der Waals surface area contributed by atoms with Gasteiger partial charge in [-0.05, 0) is 44.4 Å². The second kappa shape index (κ2) is 4.47. The molecule has 0 radical (unpaired) electrons. The standard InChI is InChI=1S/C12H18O2/c1-8-5-6-9(2)12(11(8)4)14-7-10(3)13/h5-6,10,13H,7H2,1-4H3/t10-/m1/s1. The fourth-order valence-corrected chi connectivity index (χ4v) is 1.35. The van der Waals surface area contributed by atoms with E-state index in [2.05, 4.69) is 13.0 Å². The van der Waals surface area contributed by atoms with E-state index in [1.807, 2.05) is 19.9 Å². The predicted octanol–water partition coefficient (Wildman–Crippen LogP) is 2.37. The van der Waals surface area contributed by atoms with E-state index in [0.717, 1.165) is 16.9 Å². The van der Waals surface area contributed by atoms with Crippen LogP contribution in [0.4, 0.5) is 0 Å². The first-order valence-electron chi connectivity index (χ1n) is 4.90. The molecule has 2 heteroatoms. The minimum atomic E-state index is -0.422. The largest absolute Gasteiger partial charge is 0.490 e. The van der Waals surface area contributed by atoms with Crippen molar-refractivity contribution < 1.29 is 9.84 Å². The Morgan fingerprint density at radius 3 is 2.36 bits per heavy atom. The molecule has 0 unspecified atom stereocenters. The van der Waals surface area contributed by atoms with Gasteiger partial charge in [-0.15, -0.1) is 0 Å². The monoisotopic (exact) mass is 194 g/mol. The van der Waals surface area contributed by atoms with E-state index in [4.69, 9.17) is 9.84 Å². The maximum atomic E-state index is 9.14. The van der Waals surface area contributed by atoms with Gasteiger partial charge in [0, 0.05) is 0 Å². The molecule has 0 aliphatic carbocycles. The van der Waals surface area contributed by atoms with Gasteiger partial charge >= 0.3 is 0 Å². The number of aliphatic hydroxyl groups is 1. The van der Waals surface area contributed by atoms with Crippen molar-refractivity contribution in [2.24, 2.45) is 0 Å². The molecule has 0 bridgehead atoms. The Hall–Kier alpha value is -1.02. The van der Waals surface area contributed by atoms with E-state index in [0.29, 0.717) is 6.61 Å². The molecule has 78 valence electrons. The summed E-state index contributed by atoms with van der Waals surface area (Å²) < 4.78 is 5.56. The molecule has 1 aromatic carbocycles. The summed E-state index contributed by atoms with van der Waals surface area (Å²) in [7, 11) is 0. The second-order valence-corrected chi connectivity index (χ2v) is 3.81. The molecule has 0 saturated heterocycles. The number of benzene rings is 1. The van der Waals surface area contributed by atoms with Crippen LogP contribution < -0.4 is 4.74 Å². The molecule has 0 saturated carbocycles. The van der Waals surface area contributed by atoms with Gasteiger partial charge in [0.05, 0.1) is 6.10 Å². The fourth-order valence-electron chi connectivity index (χ4n) is 1.35. The SMILES string of the molecule is Cc1ccc(C)c(OC[C@@H](C)O)c1C. The smallest absolute Gasteiger partial charge is 0.125 e. The zero-order chi connectivity index (χ0) is 10.7. The summed E-state index contributed by atoms with van der Waals surface area (Å²) in [5.74, 6) is 0.908. The van der Waals surface area contributed by atoms with E-state index >= 15 is 0 Å². The summed E-state index contributed by atoms with van der Waals surface area (Å²) in [5, 5.41) is 9.14. The van der Waals surface area contributed by atoms with Gasteiger partial charge in [-0.2, -0.15) is 0 Å². The number of aryl methyl sites for hydroxylation is 2. The summed E-state index contributed by atoms with van der Waals surface area (Å²) >= 11 is 0. The lowest BCUT2D eigenvalue weighted by Gasteiger charge is -2.14. The molecule has 0 fully saturated rings. The Morgan fingerprint density at radius 1 is 1.21 bits per heavy atom. The van der Waals surface area contributed by atoms with E-state index in [-0.39, 0.29) is 0 Å². The molecule has 0 aromatic heterocycles. The maximum absolute atomic E-state index is 9.14. The van der Waals surface area contributed by atoms with Gasteiger partial charge in [0.25, 0.3) is 0 Å². The van der Waals surface area contributed by atoms with Gasteiger partial charge < -0.3 is 9.84 Å². The first-order valence-corrected chi connectivity index (χ1v) is 4.90. The second-order valence-electron chi connectivity index (χ2n) is 3.81. The number of hydrogen-bond donors (Lipinski definition) is 1. The highest BCUT2D eigenvalue weighted by molar-refractivity contribution is 5.44. The highest BCUT2D eigenvalue weighted by Gasteiger charge is 2.07. The van der Waals surface area contributed by atoms with Gasteiger partial charge in [0.1, 0.15) is 12.4 Å². The average Bonchev–Trinajstić information content (AvgIpc) is 2.11. The molecule has 1 rings (SSSR count). The Kier molecular flexibility index (Phi) is 3.53. The average molecular weight is 194 g/mol. The molecule has 2 nitrogen and oxygen atoms in total. The lowest BCUT2D eigenvalue weighted by molar-refractivity contribution is 0.122. The minimum absolute atomic E-state index is 0.352. The third-order valence-electron chi connectivity index (χ3n) is 2.34. The normalized spacial score (nSPS) is 12.6. The van der Waals surface area contributed by atoms with Crippen molar-refractivity contribution in [1.29, 1.82) is 0 Å². The van der Waals surface area contributed by atoms with Gasteiger partial charge in [0.15, 0.2) is 0 Å². The Morgan fingerprint density at radius 2 is 1.79 bits per heavy atom. The summed E-state index contributed by atoms with van der Waals surface area (Å²) in [4.78, 5) is 0. The molecule has 14 heavy (non-hydrogen) atoms. The molecule has 0 spiro atoms. The summed E-state index contributed by atoms with van der Waals surface area (Å²) in [5.41, 5.74) is 3.50. The molecule has 0 heterocycles. The molecule has 0 aliphatic rings. The van der Waals surface area contributed by atoms with Gasteiger partial charge in [-0.25, -0.2) is 0 Å². The number of hydrogen-bond acceptors (Lipinski definition) is 2. The number of rotatable bonds is 3. The van der Waals surface area contributed by atoms with Crippen LogP contribution in [0.2, 0.25) is 0 Å². The highest BCUT2D eigenvalue weighted by Crippen LogP contribution is 2.25. The predicted molar refractivity (Wildman–Crippen MR) is 57.8 cm³/mol. The van der Waals surface area contributed by atoms with Crippen molar-refractivity contribution in [2.45, 2.75) is 33.8 Å². The summed E-state index contributed by atoms with van der Waals surface area (Å²) in [6.45, 7) is 8.19. The number of ether oxygens (including phenoxy) is 1. The molecule has 0 amide bonds. The molecule has 1 N–H and O–H groups in total. The number of aliphatic hydroxyl groups excluding tert-OH is 1. The lowest BCUT2D eigenvalue weighted by Crippen LogP contribution is -2.14. The van der Waals surface area contributed by atoms with Crippen molar-refractivity contribution in [3.05, 3.63) is 28.8 Å². The molecule has 1 aromatic rings. The zero-order valence-corrected chi connectivity index (χ0v) is 9.29. The van der Waals surface area contributed by atoms with Gasteiger partial charge in [-0.3, -0.25) is 0 Å². The highest BCUT2D eigenvalue weighted by atomic mass is 16.5. The maximum Gasteiger partial charge on any atom is 0.125 e. The third kappa shape index (κ3) is 2.48. The van der Waals surface area contributed by atoms with Crippen LogP contribution in [0.3, 0.4) is 0 Å². The van der Waals surface area contributed by atoms with Crippen LogP contribution in [-0.2, 0) is 0 Å². The van der Waals surface area contributed by atoms with Crippen LogP contribution in [0.25, 0.3) is 0 Å². The van der Waals surface area contributed by atoms with Gasteiger partial charge in [0.2, 0.25) is 0 Å². The van der Waals surface area contributed by atoms with Crippen LogP contribution in [0.15, 0.2) is 12.1 Å². The van der Waals surface area contributed by atoms with Crippen LogP contribution in [0, 0.1) is 20.8 Å². The Balaban J connectivity index is 2.89. The van der Waals surface area contributed by atoms with Crippen LogP contribution in [0.5, 0.6) is 5.75 Å². The van der Waals surface area contributed by atoms with Crippen molar-refractivity contribution in [3.8, 4) is 5.75 Å². The third-order valence-corrected chi connectivity index (χ3v) is 2.34. The first-order chi connectivity index (χ1) is 6.52. The zero-order valence-electron chi connectivity index (χ0n) is 9.29. The lowest BCUT2D eigenvalue weighted by atomic mass is 10.1. The summed E-state index contributed by atoms with van der Waals surface area (Å²) in [6.07, 6.45) is -0.422. The van der Waals surface area contributed by atoms with E-state index in [1.54, 1.807) is 6.92 Å². The van der Waals surface area contributed by atoms with Crippen LogP contribution >= 0.6 is 0 Å². The summed E-state index contributed by atoms with van der Waals surface area (Å²) in [6, 6.07) is 4.12.